The van der Waals surface area contributed by atoms with E-state index in [0.717, 1.165) is 11.3 Å². The molecule has 3 N–H and O–H groups in total. The number of anilines is 3. The number of nitrogens with zero attached hydrogens (tertiary/aromatic N) is 6. The van der Waals surface area contributed by atoms with Crippen LogP contribution in [-0.4, -0.2) is 73.6 Å². The molecule has 12 heteroatoms. The smallest absolute Gasteiger partial charge is 0.290 e. The van der Waals surface area contributed by atoms with E-state index in [9.17, 15) is 19.8 Å². The van der Waals surface area contributed by atoms with Crippen molar-refractivity contribution in [1.82, 2.24) is 24.6 Å². The summed E-state index contributed by atoms with van der Waals surface area (Å²) in [5.74, 6) is 0.245. The summed E-state index contributed by atoms with van der Waals surface area (Å²) in [6.07, 6.45) is 3.09. The number of hydrogen-bond acceptors (Lipinski definition) is 10. The molecule has 3 aromatic heterocycles. The van der Waals surface area contributed by atoms with E-state index in [1.54, 1.807) is 42.5 Å². The van der Waals surface area contributed by atoms with E-state index in [1.807, 2.05) is 29.2 Å². The molecule has 0 bridgehead atoms. The van der Waals surface area contributed by atoms with Gasteiger partial charge in [0.25, 0.3) is 11.5 Å². The largest absolute Gasteiger partial charge is 0.392 e. The summed E-state index contributed by atoms with van der Waals surface area (Å²) in [4.78, 5) is 39.4. The van der Waals surface area contributed by atoms with Gasteiger partial charge in [0.15, 0.2) is 0 Å². The Balaban J connectivity index is 1.28. The second-order valence-electron chi connectivity index (χ2n) is 12.6. The lowest BCUT2D eigenvalue weighted by atomic mass is 9.88. The highest BCUT2D eigenvalue weighted by Crippen LogP contribution is 2.35. The summed E-state index contributed by atoms with van der Waals surface area (Å²) in [6.45, 7) is 8.78. The van der Waals surface area contributed by atoms with E-state index >= 15 is 0 Å². The molecule has 2 aliphatic heterocycles. The van der Waals surface area contributed by atoms with Crippen LogP contribution in [0.3, 0.4) is 0 Å². The highest BCUT2D eigenvalue weighted by molar-refractivity contribution is 6.08. The maximum absolute atomic E-state index is 13.7. The van der Waals surface area contributed by atoms with Gasteiger partial charge in [-0.05, 0) is 42.3 Å². The molecule has 0 saturated carbocycles. The summed E-state index contributed by atoms with van der Waals surface area (Å²) >= 11 is 0. The van der Waals surface area contributed by atoms with Gasteiger partial charge in [0.05, 0.1) is 36.8 Å². The third kappa shape index (κ3) is 6.16. The minimum absolute atomic E-state index is 0.130. The van der Waals surface area contributed by atoms with Gasteiger partial charge in [0, 0.05) is 66.9 Å². The van der Waals surface area contributed by atoms with Crippen molar-refractivity contribution < 1.29 is 19.7 Å². The maximum Gasteiger partial charge on any atom is 0.290 e. The van der Waals surface area contributed by atoms with E-state index < -0.39 is 6.23 Å². The Labute approximate surface area is 267 Å². The Hall–Kier alpha value is -4.49. The predicted octanol–water partition coefficient (Wildman–Crippen LogP) is 3.30. The van der Waals surface area contributed by atoms with Gasteiger partial charge in [0.1, 0.15) is 17.7 Å². The van der Waals surface area contributed by atoms with Crippen LogP contribution in [0.1, 0.15) is 59.7 Å². The van der Waals surface area contributed by atoms with E-state index in [2.05, 4.69) is 41.2 Å². The van der Waals surface area contributed by atoms with Gasteiger partial charge in [0.2, 0.25) is 0 Å². The average Bonchev–Trinajstić information content (AvgIpc) is 3.06. The van der Waals surface area contributed by atoms with Crippen LogP contribution in [0.4, 0.5) is 17.2 Å². The number of rotatable bonds is 7. The Kier molecular flexibility index (Phi) is 8.71. The normalized spacial score (nSPS) is 16.3. The molecule has 46 heavy (non-hydrogen) atoms. The second kappa shape index (κ2) is 12.7. The monoisotopic (exact) mass is 625 g/mol. The molecule has 1 fully saturated rings. The van der Waals surface area contributed by atoms with Gasteiger partial charge in [-0.2, -0.15) is 5.10 Å². The molecule has 1 amide bonds. The number of hydrogen-bond donors (Lipinski definition) is 3. The Bertz CT molecular complexity index is 1810. The highest BCUT2D eigenvalue weighted by Gasteiger charge is 2.30. The Morgan fingerprint density at radius 3 is 2.48 bits per heavy atom. The summed E-state index contributed by atoms with van der Waals surface area (Å²) in [7, 11) is 1.55. The average molecular weight is 626 g/mol. The predicted molar refractivity (Wildman–Crippen MR) is 174 cm³/mol. The molecule has 240 valence electrons. The minimum Gasteiger partial charge on any atom is -0.392 e. The van der Waals surface area contributed by atoms with Crippen LogP contribution in [0.15, 0.2) is 59.7 Å². The molecule has 0 aliphatic carbocycles. The van der Waals surface area contributed by atoms with E-state index in [1.165, 1.54) is 4.68 Å². The molecular formula is C34H39N7O5. The first-order chi connectivity index (χ1) is 22.0. The fourth-order valence-electron chi connectivity index (χ4n) is 5.88. The van der Waals surface area contributed by atoms with Gasteiger partial charge >= 0.3 is 0 Å². The summed E-state index contributed by atoms with van der Waals surface area (Å²) in [6, 6.07) is 12.5. The first-order valence-electron chi connectivity index (χ1n) is 15.4. The van der Waals surface area contributed by atoms with Crippen molar-refractivity contribution in [3.8, 4) is 11.3 Å². The zero-order valence-electron chi connectivity index (χ0n) is 26.5. The number of carbonyl (C=O) groups excluding carboxylic acids is 1. The fourth-order valence-corrected chi connectivity index (χ4v) is 5.88. The molecule has 0 radical (unpaired) electrons. The van der Waals surface area contributed by atoms with Crippen LogP contribution in [0.2, 0.25) is 0 Å². The molecule has 1 unspecified atom stereocenters. The van der Waals surface area contributed by atoms with Crippen molar-refractivity contribution in [2.45, 2.75) is 45.4 Å². The Morgan fingerprint density at radius 1 is 1.00 bits per heavy atom. The number of morpholine rings is 1. The number of benzene rings is 1. The standard InChI is InChI=1S/C34H39N7O5/c1-34(2,3)29-16-21-10-11-41(32(44)24(21)19-35-29)28-7-5-6-23(25(28)20-42)26-17-27(33(45)39(4)38-26)37-30-9-8-22(18-36-30)31(43)40-12-14-46-15-13-40/h5-9,16-19,31,42-43H,10-15,20H2,1-4H3,(H,36,37). The zero-order chi connectivity index (χ0) is 32.6. The van der Waals surface area contributed by atoms with Gasteiger partial charge in [-0.3, -0.25) is 19.5 Å². The van der Waals surface area contributed by atoms with Gasteiger partial charge in [-0.15, -0.1) is 0 Å². The number of nitrogens with one attached hydrogen (secondary N) is 1. The topological polar surface area (TPSA) is 146 Å². The SMILES string of the molecule is Cn1nc(-c2cccc(N3CCc4cc(C(C)(C)C)ncc4C3=O)c2CO)cc(Nc2ccc(C(O)N3CCOCC3)cn2)c1=O. The first-order valence-corrected chi connectivity index (χ1v) is 15.4. The molecular weight excluding hydrogens is 586 g/mol. The molecule has 1 atom stereocenters. The molecule has 1 saturated heterocycles. The lowest BCUT2D eigenvalue weighted by Gasteiger charge is -2.31. The van der Waals surface area contributed by atoms with Crippen molar-refractivity contribution in [2.24, 2.45) is 7.05 Å². The van der Waals surface area contributed by atoms with Crippen molar-refractivity contribution in [2.75, 3.05) is 43.1 Å². The quantitative estimate of drug-likeness (QED) is 0.280. The molecule has 0 spiro atoms. The second-order valence-corrected chi connectivity index (χ2v) is 12.6. The van der Waals surface area contributed by atoms with E-state index in [-0.39, 0.29) is 29.2 Å². The molecule has 2 aliphatic rings. The van der Waals surface area contributed by atoms with Crippen molar-refractivity contribution in [3.63, 3.8) is 0 Å². The number of aliphatic hydroxyl groups excluding tert-OH is 2. The number of aromatic nitrogens is 4. The molecule has 12 nitrogen and oxygen atoms in total. The summed E-state index contributed by atoms with van der Waals surface area (Å²) in [5.41, 5.74) is 4.97. The van der Waals surface area contributed by atoms with Crippen LogP contribution < -0.4 is 15.8 Å². The molecule has 4 aromatic rings. The highest BCUT2D eigenvalue weighted by atomic mass is 16.5. The number of ether oxygens (including phenoxy) is 1. The van der Waals surface area contributed by atoms with Crippen molar-refractivity contribution in [1.29, 1.82) is 0 Å². The number of fused-ring (bicyclic) bond motifs is 1. The van der Waals surface area contributed by atoms with Crippen LogP contribution >= 0.6 is 0 Å². The van der Waals surface area contributed by atoms with Gasteiger partial charge < -0.3 is 25.2 Å². The number of pyridine rings is 2. The molecule has 6 rings (SSSR count). The van der Waals surface area contributed by atoms with Crippen molar-refractivity contribution >= 4 is 23.1 Å². The third-order valence-electron chi connectivity index (χ3n) is 8.52. The minimum atomic E-state index is -0.799. The van der Waals surface area contributed by atoms with Crippen LogP contribution in [0, 0.1) is 0 Å². The molecule has 1 aromatic carbocycles. The number of amides is 1. The van der Waals surface area contributed by atoms with Crippen LogP contribution in [0.25, 0.3) is 11.3 Å². The number of carbonyl (C=O) groups is 1. The lowest BCUT2D eigenvalue weighted by molar-refractivity contribution is -0.0604. The van der Waals surface area contributed by atoms with Crippen LogP contribution in [-0.2, 0) is 30.2 Å². The molecule has 5 heterocycles. The first kappa shape index (κ1) is 31.5. The number of aryl methyl sites for hydroxylation is 1. The van der Waals surface area contributed by atoms with Gasteiger partial charge in [-0.1, -0.05) is 32.9 Å². The van der Waals surface area contributed by atoms with Crippen LogP contribution in [0.5, 0.6) is 0 Å². The maximum atomic E-state index is 13.7. The number of aliphatic hydroxyl groups is 2. The zero-order valence-corrected chi connectivity index (χ0v) is 26.5. The summed E-state index contributed by atoms with van der Waals surface area (Å²) in [5, 5.41) is 28.9. The fraction of sp³-hybridized carbons (Fsp3) is 0.382. The van der Waals surface area contributed by atoms with Crippen molar-refractivity contribution in [3.05, 3.63) is 93.2 Å². The lowest BCUT2D eigenvalue weighted by Crippen LogP contribution is -2.39. The van der Waals surface area contributed by atoms with E-state index in [4.69, 9.17) is 4.74 Å². The third-order valence-corrected chi connectivity index (χ3v) is 8.52. The van der Waals surface area contributed by atoms with Gasteiger partial charge in [-0.25, -0.2) is 9.67 Å². The van der Waals surface area contributed by atoms with E-state index in [0.29, 0.717) is 78.7 Å². The summed E-state index contributed by atoms with van der Waals surface area (Å²) < 4.78 is 6.59. The Morgan fingerprint density at radius 2 is 1.78 bits per heavy atom.